The van der Waals surface area contributed by atoms with Gasteiger partial charge in [-0.05, 0) is 111 Å². The van der Waals surface area contributed by atoms with Gasteiger partial charge in [-0.25, -0.2) is 0 Å². The number of carboxylic acid groups (broad SMARTS) is 1. The molecule has 0 radical (unpaired) electrons. The first-order valence-corrected chi connectivity index (χ1v) is 11.7. The van der Waals surface area contributed by atoms with Crippen LogP contribution in [0.1, 0.15) is 91.4 Å². The highest BCUT2D eigenvalue weighted by Gasteiger charge is 2.60. The Morgan fingerprint density at radius 1 is 1.00 bits per heavy atom. The number of aliphatic carboxylic acids is 1. The largest absolute Gasteiger partial charge is 0.481 e. The summed E-state index contributed by atoms with van der Waals surface area (Å²) < 4.78 is 0. The maximum absolute atomic E-state index is 11.0. The van der Waals surface area contributed by atoms with Crippen LogP contribution in [0.5, 0.6) is 0 Å². The van der Waals surface area contributed by atoms with Crippen molar-refractivity contribution in [1.29, 1.82) is 0 Å². The molecule has 3 nitrogen and oxygen atoms in total. The van der Waals surface area contributed by atoms with Gasteiger partial charge in [0.05, 0.1) is 6.10 Å². The first kappa shape index (κ1) is 19.7. The molecule has 0 bridgehead atoms. The van der Waals surface area contributed by atoms with Crippen LogP contribution in [0.2, 0.25) is 0 Å². The summed E-state index contributed by atoms with van der Waals surface area (Å²) in [6, 6.07) is 0. The number of aliphatic hydroxyl groups excluding tert-OH is 1. The van der Waals surface area contributed by atoms with Gasteiger partial charge in [-0.2, -0.15) is 0 Å². The molecule has 0 heterocycles. The van der Waals surface area contributed by atoms with Crippen molar-refractivity contribution >= 4 is 5.97 Å². The summed E-state index contributed by atoms with van der Waals surface area (Å²) in [6.45, 7) is 7.43. The van der Waals surface area contributed by atoms with Crippen LogP contribution in [0.3, 0.4) is 0 Å². The molecule has 4 fully saturated rings. The van der Waals surface area contributed by atoms with E-state index in [9.17, 15) is 9.90 Å². The van der Waals surface area contributed by atoms with Gasteiger partial charge in [-0.1, -0.05) is 20.8 Å². The van der Waals surface area contributed by atoms with E-state index >= 15 is 0 Å². The molecule has 2 N–H and O–H groups in total. The van der Waals surface area contributed by atoms with E-state index in [1.54, 1.807) is 0 Å². The lowest BCUT2D eigenvalue weighted by atomic mass is 9.44. The Labute approximate surface area is 165 Å². The molecule has 4 aliphatic rings. The van der Waals surface area contributed by atoms with Crippen LogP contribution in [0.15, 0.2) is 0 Å². The van der Waals surface area contributed by atoms with E-state index < -0.39 is 5.97 Å². The molecule has 9 atom stereocenters. The topological polar surface area (TPSA) is 57.5 Å². The van der Waals surface area contributed by atoms with Crippen molar-refractivity contribution in [2.45, 2.75) is 97.5 Å². The molecule has 4 unspecified atom stereocenters. The fourth-order valence-electron chi connectivity index (χ4n) is 8.76. The van der Waals surface area contributed by atoms with Crippen molar-refractivity contribution in [1.82, 2.24) is 0 Å². The Kier molecular flexibility index (Phi) is 5.15. The third-order valence-electron chi connectivity index (χ3n) is 10.2. The van der Waals surface area contributed by atoms with E-state index in [1.165, 1.54) is 44.9 Å². The van der Waals surface area contributed by atoms with Gasteiger partial charge in [-0.3, -0.25) is 4.79 Å². The molecule has 4 rings (SSSR count). The van der Waals surface area contributed by atoms with Crippen LogP contribution in [0.4, 0.5) is 0 Å². The Hall–Kier alpha value is -0.570. The normalized spacial score (nSPS) is 50.4. The summed E-state index contributed by atoms with van der Waals surface area (Å²) in [5.41, 5.74) is 0.882. The minimum Gasteiger partial charge on any atom is -0.481 e. The number of rotatable bonds is 4. The van der Waals surface area contributed by atoms with E-state index in [0.717, 1.165) is 42.9 Å². The second-order valence-corrected chi connectivity index (χ2v) is 11.2. The van der Waals surface area contributed by atoms with Gasteiger partial charge < -0.3 is 10.2 Å². The highest BCUT2D eigenvalue weighted by atomic mass is 16.4. The highest BCUT2D eigenvalue weighted by Crippen LogP contribution is 2.68. The van der Waals surface area contributed by atoms with Crippen molar-refractivity contribution in [2.24, 2.45) is 46.3 Å². The molecule has 0 aromatic heterocycles. The van der Waals surface area contributed by atoms with Gasteiger partial charge in [0.1, 0.15) is 0 Å². The third-order valence-corrected chi connectivity index (χ3v) is 10.2. The quantitative estimate of drug-likeness (QED) is 0.680. The van der Waals surface area contributed by atoms with E-state index in [-0.39, 0.29) is 6.10 Å². The zero-order valence-corrected chi connectivity index (χ0v) is 17.6. The lowest BCUT2D eigenvalue weighted by molar-refractivity contribution is -0.138. The Morgan fingerprint density at radius 3 is 2.44 bits per heavy atom. The number of fused-ring (bicyclic) bond motifs is 5. The molecule has 0 amide bonds. The van der Waals surface area contributed by atoms with Crippen molar-refractivity contribution in [3.05, 3.63) is 0 Å². The van der Waals surface area contributed by atoms with E-state index in [4.69, 9.17) is 5.11 Å². The van der Waals surface area contributed by atoms with E-state index in [1.807, 2.05) is 0 Å². The fourth-order valence-corrected chi connectivity index (χ4v) is 8.76. The SMILES string of the molecule is C[C@@H](CCC(=O)O)C1CCC2C3CCC4C[C@@H](O)CC[C@]4(C)[C@@H]3CC[C@@]21C. The smallest absolute Gasteiger partial charge is 0.303 e. The van der Waals surface area contributed by atoms with Gasteiger partial charge in [0.15, 0.2) is 0 Å². The number of hydrogen-bond acceptors (Lipinski definition) is 2. The molecule has 0 aromatic carbocycles. The average molecular weight is 377 g/mol. The van der Waals surface area contributed by atoms with Crippen LogP contribution >= 0.6 is 0 Å². The number of aliphatic hydroxyl groups is 1. The summed E-state index contributed by atoms with van der Waals surface area (Å²) >= 11 is 0. The summed E-state index contributed by atoms with van der Waals surface area (Å²) in [7, 11) is 0. The fraction of sp³-hybridized carbons (Fsp3) is 0.958. The van der Waals surface area contributed by atoms with Crippen molar-refractivity contribution in [3.8, 4) is 0 Å². The molecular weight excluding hydrogens is 336 g/mol. The molecule has 0 aromatic rings. The molecule has 0 aliphatic heterocycles. The van der Waals surface area contributed by atoms with Crippen molar-refractivity contribution in [3.63, 3.8) is 0 Å². The van der Waals surface area contributed by atoms with E-state index in [2.05, 4.69) is 20.8 Å². The van der Waals surface area contributed by atoms with Crippen LogP contribution in [-0.4, -0.2) is 22.3 Å². The van der Waals surface area contributed by atoms with Gasteiger partial charge in [-0.15, -0.1) is 0 Å². The molecule has 4 saturated carbocycles. The van der Waals surface area contributed by atoms with Gasteiger partial charge in [0, 0.05) is 6.42 Å². The first-order valence-electron chi connectivity index (χ1n) is 11.7. The van der Waals surface area contributed by atoms with Crippen molar-refractivity contribution in [2.75, 3.05) is 0 Å². The maximum Gasteiger partial charge on any atom is 0.303 e. The molecule has 27 heavy (non-hydrogen) atoms. The highest BCUT2D eigenvalue weighted by molar-refractivity contribution is 5.66. The zero-order valence-electron chi connectivity index (χ0n) is 17.6. The lowest BCUT2D eigenvalue weighted by Crippen LogP contribution is -2.54. The predicted octanol–water partition coefficient (Wildman–Crippen LogP) is 5.51. The van der Waals surface area contributed by atoms with Gasteiger partial charge in [0.2, 0.25) is 0 Å². The Morgan fingerprint density at radius 2 is 1.70 bits per heavy atom. The predicted molar refractivity (Wildman–Crippen MR) is 107 cm³/mol. The van der Waals surface area contributed by atoms with Crippen molar-refractivity contribution < 1.29 is 15.0 Å². The molecule has 4 aliphatic carbocycles. The van der Waals surface area contributed by atoms with Crippen LogP contribution in [-0.2, 0) is 4.79 Å². The summed E-state index contributed by atoms with van der Waals surface area (Å²) in [5, 5.41) is 19.3. The van der Waals surface area contributed by atoms with E-state index in [0.29, 0.717) is 29.1 Å². The Balaban J connectivity index is 1.51. The Bertz CT molecular complexity index is 574. The zero-order chi connectivity index (χ0) is 19.4. The molecule has 0 spiro atoms. The van der Waals surface area contributed by atoms with Crippen LogP contribution in [0, 0.1) is 46.3 Å². The monoisotopic (exact) mass is 376 g/mol. The maximum atomic E-state index is 11.0. The number of carbonyl (C=O) groups is 1. The minimum absolute atomic E-state index is 0.0561. The van der Waals surface area contributed by atoms with Crippen LogP contribution < -0.4 is 0 Å². The summed E-state index contributed by atoms with van der Waals surface area (Å²) in [4.78, 5) is 11.0. The molecular formula is C24H40O3. The lowest BCUT2D eigenvalue weighted by Gasteiger charge is -2.61. The average Bonchev–Trinajstić information content (AvgIpc) is 2.97. The molecule has 3 heteroatoms. The number of hydrogen-bond donors (Lipinski definition) is 2. The van der Waals surface area contributed by atoms with Gasteiger partial charge >= 0.3 is 5.97 Å². The minimum atomic E-state index is -0.643. The third kappa shape index (κ3) is 3.16. The van der Waals surface area contributed by atoms with Gasteiger partial charge in [0.25, 0.3) is 0 Å². The second kappa shape index (κ2) is 7.04. The summed E-state index contributed by atoms with van der Waals surface area (Å²) in [5.74, 6) is 3.91. The van der Waals surface area contributed by atoms with Crippen LogP contribution in [0.25, 0.3) is 0 Å². The second-order valence-electron chi connectivity index (χ2n) is 11.2. The standard InChI is InChI=1S/C24H40O3/c1-15(4-9-22(26)27)19-7-8-20-18-6-5-16-14-17(25)10-12-23(16,2)21(18)11-13-24(19,20)3/h15-21,25H,4-14H2,1-3H3,(H,26,27)/t15-,16?,17-,18?,19?,20?,21+,23-,24+/m0/s1. The molecule has 0 saturated heterocycles. The number of carboxylic acids is 1. The summed E-state index contributed by atoms with van der Waals surface area (Å²) in [6.07, 6.45) is 12.4. The first-order chi connectivity index (χ1) is 12.8. The molecule has 154 valence electrons.